The van der Waals surface area contributed by atoms with Crippen LogP contribution in [0.15, 0.2) is 24.3 Å². The minimum atomic E-state index is 0.760. The lowest BCUT2D eigenvalue weighted by molar-refractivity contribution is 0.316. The zero-order valence-corrected chi connectivity index (χ0v) is 13.8. The molecule has 2 nitrogen and oxygen atoms in total. The molecule has 0 saturated heterocycles. The van der Waals surface area contributed by atoms with E-state index in [0.29, 0.717) is 0 Å². The Morgan fingerprint density at radius 3 is 2.40 bits per heavy atom. The second kappa shape index (κ2) is 9.95. The van der Waals surface area contributed by atoms with Crippen molar-refractivity contribution in [2.24, 2.45) is 5.92 Å². The Kier molecular flexibility index (Phi) is 8.56. The molecule has 0 unspecified atom stereocenters. The number of hydrogen-bond acceptors (Lipinski definition) is 2. The van der Waals surface area contributed by atoms with Gasteiger partial charge in [-0.3, -0.25) is 0 Å². The molecule has 20 heavy (non-hydrogen) atoms. The molecule has 1 aromatic carbocycles. The zero-order chi connectivity index (χ0) is 14.8. The van der Waals surface area contributed by atoms with Crippen LogP contribution in [0, 0.1) is 12.8 Å². The Balaban J connectivity index is 2.03. The summed E-state index contributed by atoms with van der Waals surface area (Å²) in [4.78, 5) is 2.42. The molecule has 1 aromatic rings. The molecule has 114 valence electrons. The van der Waals surface area contributed by atoms with E-state index >= 15 is 0 Å². The molecule has 0 radical (unpaired) electrons. The molecule has 0 amide bonds. The van der Waals surface area contributed by atoms with Crippen molar-refractivity contribution in [3.05, 3.63) is 35.4 Å². The molecule has 1 N–H and O–H groups in total. The van der Waals surface area contributed by atoms with Crippen molar-refractivity contribution in [1.82, 2.24) is 10.2 Å². The Morgan fingerprint density at radius 1 is 1.05 bits per heavy atom. The SMILES string of the molecule is Cc1ccc(CN(C)CCCCCNCC(C)C)cc1. The standard InChI is InChI=1S/C18H32N2/c1-16(2)14-19-12-6-5-7-13-20(4)15-18-10-8-17(3)9-11-18/h8-11,16,19H,5-7,12-15H2,1-4H3. The third-order valence-corrected chi connectivity index (χ3v) is 3.52. The molecule has 0 heterocycles. The van der Waals surface area contributed by atoms with Gasteiger partial charge in [0.05, 0.1) is 0 Å². The summed E-state index contributed by atoms with van der Waals surface area (Å²) < 4.78 is 0. The maximum Gasteiger partial charge on any atom is 0.0230 e. The number of unbranched alkanes of at least 4 members (excludes halogenated alkanes) is 2. The second-order valence-corrected chi connectivity index (χ2v) is 6.38. The number of nitrogens with zero attached hydrogens (tertiary/aromatic N) is 1. The van der Waals surface area contributed by atoms with Crippen molar-refractivity contribution in [2.45, 2.75) is 46.6 Å². The first kappa shape index (κ1) is 17.2. The largest absolute Gasteiger partial charge is 0.316 e. The summed E-state index contributed by atoms with van der Waals surface area (Å²) in [6.07, 6.45) is 3.92. The van der Waals surface area contributed by atoms with Gasteiger partial charge in [-0.1, -0.05) is 50.1 Å². The molecule has 0 aliphatic heterocycles. The first-order valence-electron chi connectivity index (χ1n) is 8.02. The molecule has 0 aliphatic carbocycles. The van der Waals surface area contributed by atoms with Crippen LogP contribution in [-0.4, -0.2) is 31.6 Å². The zero-order valence-electron chi connectivity index (χ0n) is 13.8. The van der Waals surface area contributed by atoms with Gasteiger partial charge in [-0.05, 0) is 57.9 Å². The van der Waals surface area contributed by atoms with E-state index in [1.807, 2.05) is 0 Å². The van der Waals surface area contributed by atoms with E-state index in [1.165, 1.54) is 43.5 Å². The highest BCUT2D eigenvalue weighted by molar-refractivity contribution is 5.21. The molecular weight excluding hydrogens is 244 g/mol. The lowest BCUT2D eigenvalue weighted by Gasteiger charge is -2.16. The van der Waals surface area contributed by atoms with Gasteiger partial charge < -0.3 is 10.2 Å². The average Bonchev–Trinajstić information content (AvgIpc) is 2.40. The quantitative estimate of drug-likeness (QED) is 0.653. The fraction of sp³-hybridized carbons (Fsp3) is 0.667. The summed E-state index contributed by atoms with van der Waals surface area (Å²) in [6, 6.07) is 8.87. The number of rotatable bonds is 10. The van der Waals surface area contributed by atoms with E-state index in [9.17, 15) is 0 Å². The predicted octanol–water partition coefficient (Wildman–Crippen LogP) is 3.84. The average molecular weight is 276 g/mol. The summed E-state index contributed by atoms with van der Waals surface area (Å²) in [5.74, 6) is 0.760. The smallest absolute Gasteiger partial charge is 0.0230 e. The first-order valence-corrected chi connectivity index (χ1v) is 8.02. The lowest BCUT2D eigenvalue weighted by Crippen LogP contribution is -2.21. The van der Waals surface area contributed by atoms with Gasteiger partial charge in [-0.15, -0.1) is 0 Å². The number of nitrogens with one attached hydrogen (secondary N) is 1. The van der Waals surface area contributed by atoms with Crippen LogP contribution >= 0.6 is 0 Å². The van der Waals surface area contributed by atoms with Crippen LogP contribution in [0.3, 0.4) is 0 Å². The molecular formula is C18H32N2. The predicted molar refractivity (Wildman–Crippen MR) is 89.1 cm³/mol. The van der Waals surface area contributed by atoms with E-state index in [-0.39, 0.29) is 0 Å². The van der Waals surface area contributed by atoms with Crippen molar-refractivity contribution in [3.63, 3.8) is 0 Å². The summed E-state index contributed by atoms with van der Waals surface area (Å²) >= 11 is 0. The van der Waals surface area contributed by atoms with Gasteiger partial charge in [-0.2, -0.15) is 0 Å². The fourth-order valence-electron chi connectivity index (χ4n) is 2.28. The third-order valence-electron chi connectivity index (χ3n) is 3.52. The highest BCUT2D eigenvalue weighted by Crippen LogP contribution is 2.07. The van der Waals surface area contributed by atoms with Crippen LogP contribution < -0.4 is 5.32 Å². The normalized spacial score (nSPS) is 11.5. The highest BCUT2D eigenvalue weighted by atomic mass is 15.1. The monoisotopic (exact) mass is 276 g/mol. The summed E-state index contributed by atoms with van der Waals surface area (Å²) in [5.41, 5.74) is 2.75. The van der Waals surface area contributed by atoms with Crippen molar-refractivity contribution >= 4 is 0 Å². The number of aryl methyl sites for hydroxylation is 1. The number of hydrogen-bond donors (Lipinski definition) is 1. The summed E-state index contributed by atoms with van der Waals surface area (Å²) in [6.45, 7) is 11.2. The molecule has 0 spiro atoms. The van der Waals surface area contributed by atoms with Gasteiger partial charge in [0.25, 0.3) is 0 Å². The minimum absolute atomic E-state index is 0.760. The fourth-order valence-corrected chi connectivity index (χ4v) is 2.28. The van der Waals surface area contributed by atoms with E-state index < -0.39 is 0 Å². The molecule has 0 bridgehead atoms. The van der Waals surface area contributed by atoms with Crippen LogP contribution in [0.1, 0.15) is 44.2 Å². The molecule has 0 aliphatic rings. The van der Waals surface area contributed by atoms with Gasteiger partial charge in [0.15, 0.2) is 0 Å². The Labute approximate surface area is 125 Å². The van der Waals surface area contributed by atoms with E-state index in [2.05, 4.69) is 62.3 Å². The van der Waals surface area contributed by atoms with Crippen LogP contribution in [0.5, 0.6) is 0 Å². The maximum absolute atomic E-state index is 3.50. The number of benzene rings is 1. The van der Waals surface area contributed by atoms with Gasteiger partial charge in [0, 0.05) is 6.54 Å². The third kappa shape index (κ3) is 8.34. The van der Waals surface area contributed by atoms with Gasteiger partial charge >= 0.3 is 0 Å². The molecule has 0 atom stereocenters. The van der Waals surface area contributed by atoms with Crippen molar-refractivity contribution in [3.8, 4) is 0 Å². The van der Waals surface area contributed by atoms with Gasteiger partial charge in [0.2, 0.25) is 0 Å². The van der Waals surface area contributed by atoms with Gasteiger partial charge in [0.1, 0.15) is 0 Å². The molecule has 0 fully saturated rings. The van der Waals surface area contributed by atoms with Crippen LogP contribution in [-0.2, 0) is 6.54 Å². The van der Waals surface area contributed by atoms with E-state index in [0.717, 1.165) is 19.0 Å². The second-order valence-electron chi connectivity index (χ2n) is 6.38. The van der Waals surface area contributed by atoms with Crippen molar-refractivity contribution < 1.29 is 0 Å². The Bertz CT molecular complexity index is 343. The maximum atomic E-state index is 3.50. The lowest BCUT2D eigenvalue weighted by atomic mass is 10.1. The molecule has 2 heteroatoms. The summed E-state index contributed by atoms with van der Waals surface area (Å²) in [5, 5.41) is 3.50. The Morgan fingerprint density at radius 2 is 1.75 bits per heavy atom. The van der Waals surface area contributed by atoms with Crippen LogP contribution in [0.4, 0.5) is 0 Å². The minimum Gasteiger partial charge on any atom is -0.316 e. The topological polar surface area (TPSA) is 15.3 Å². The molecule has 1 rings (SSSR count). The van der Waals surface area contributed by atoms with Gasteiger partial charge in [-0.25, -0.2) is 0 Å². The van der Waals surface area contributed by atoms with Crippen molar-refractivity contribution in [2.75, 3.05) is 26.7 Å². The molecule has 0 aromatic heterocycles. The van der Waals surface area contributed by atoms with E-state index in [4.69, 9.17) is 0 Å². The first-order chi connectivity index (χ1) is 9.58. The van der Waals surface area contributed by atoms with Crippen LogP contribution in [0.2, 0.25) is 0 Å². The van der Waals surface area contributed by atoms with E-state index in [1.54, 1.807) is 0 Å². The van der Waals surface area contributed by atoms with Crippen molar-refractivity contribution in [1.29, 1.82) is 0 Å². The molecule has 0 saturated carbocycles. The Hall–Kier alpha value is -0.860. The highest BCUT2D eigenvalue weighted by Gasteiger charge is 2.00. The van der Waals surface area contributed by atoms with Crippen LogP contribution in [0.25, 0.3) is 0 Å². The summed E-state index contributed by atoms with van der Waals surface area (Å²) in [7, 11) is 2.22.